The van der Waals surface area contributed by atoms with Crippen molar-refractivity contribution in [2.75, 3.05) is 25.5 Å². The fraction of sp³-hybridized carbons (Fsp3) is 0.263. The van der Waals surface area contributed by atoms with Crippen molar-refractivity contribution in [1.82, 2.24) is 4.90 Å². The van der Waals surface area contributed by atoms with Crippen molar-refractivity contribution in [3.8, 4) is 5.75 Å². The molecule has 5 nitrogen and oxygen atoms in total. The van der Waals surface area contributed by atoms with Gasteiger partial charge in [0.1, 0.15) is 5.75 Å². The average Bonchev–Trinajstić information content (AvgIpc) is 3.16. The highest BCUT2D eigenvalue weighted by atomic mass is 16.5. The Labute approximate surface area is 141 Å². The molecular weight excluding hydrogens is 304 g/mol. The Morgan fingerprint density at radius 2 is 1.79 bits per heavy atom. The monoisotopic (exact) mass is 324 g/mol. The average molecular weight is 324 g/mol. The van der Waals surface area contributed by atoms with Crippen LogP contribution in [0.25, 0.3) is 0 Å². The molecule has 1 heterocycles. The molecule has 0 saturated carbocycles. The summed E-state index contributed by atoms with van der Waals surface area (Å²) in [5, 5.41) is 2.83. The second kappa shape index (κ2) is 7.17. The van der Waals surface area contributed by atoms with Crippen LogP contribution in [0.3, 0.4) is 0 Å². The molecule has 5 heteroatoms. The predicted octanol–water partition coefficient (Wildman–Crippen LogP) is 3.18. The van der Waals surface area contributed by atoms with Crippen LogP contribution in [-0.2, 0) is 0 Å². The minimum Gasteiger partial charge on any atom is -0.496 e. The Hall–Kier alpha value is -2.82. The Morgan fingerprint density at radius 1 is 1.04 bits per heavy atom. The van der Waals surface area contributed by atoms with Crippen molar-refractivity contribution < 1.29 is 14.3 Å². The summed E-state index contributed by atoms with van der Waals surface area (Å²) in [6.45, 7) is 1.60. The number of hydrogen-bond donors (Lipinski definition) is 1. The van der Waals surface area contributed by atoms with E-state index in [-0.39, 0.29) is 11.8 Å². The third-order valence-corrected chi connectivity index (χ3v) is 4.11. The Balaban J connectivity index is 1.77. The van der Waals surface area contributed by atoms with Crippen LogP contribution in [0.2, 0.25) is 0 Å². The smallest absolute Gasteiger partial charge is 0.259 e. The summed E-state index contributed by atoms with van der Waals surface area (Å²) >= 11 is 0. The van der Waals surface area contributed by atoms with Crippen molar-refractivity contribution in [3.05, 3.63) is 59.7 Å². The van der Waals surface area contributed by atoms with Gasteiger partial charge in [-0.05, 0) is 43.2 Å². The van der Waals surface area contributed by atoms with Gasteiger partial charge in [-0.1, -0.05) is 18.2 Å². The molecule has 1 N–H and O–H groups in total. The molecule has 2 amide bonds. The number of likely N-dealkylation sites (tertiary alicyclic amines) is 1. The molecule has 2 aromatic carbocycles. The van der Waals surface area contributed by atoms with Gasteiger partial charge in [-0.2, -0.15) is 0 Å². The van der Waals surface area contributed by atoms with E-state index in [1.54, 1.807) is 42.5 Å². The number of rotatable bonds is 4. The molecule has 3 rings (SSSR count). The molecule has 0 spiro atoms. The largest absolute Gasteiger partial charge is 0.496 e. The number of hydrogen-bond acceptors (Lipinski definition) is 3. The molecule has 1 aliphatic heterocycles. The number of nitrogens with one attached hydrogen (secondary N) is 1. The molecule has 0 bridgehead atoms. The first-order chi connectivity index (χ1) is 11.7. The highest BCUT2D eigenvalue weighted by molar-refractivity contribution is 6.06. The number of ether oxygens (including phenoxy) is 1. The van der Waals surface area contributed by atoms with Crippen LogP contribution in [0.1, 0.15) is 33.6 Å². The number of carbonyl (C=O) groups is 2. The minimum atomic E-state index is -0.266. The van der Waals surface area contributed by atoms with Gasteiger partial charge < -0.3 is 15.0 Å². The summed E-state index contributed by atoms with van der Waals surface area (Å²) in [6.07, 6.45) is 2.10. The Morgan fingerprint density at radius 3 is 2.54 bits per heavy atom. The predicted molar refractivity (Wildman–Crippen MR) is 92.5 cm³/mol. The van der Waals surface area contributed by atoms with Crippen LogP contribution in [0.5, 0.6) is 5.75 Å². The summed E-state index contributed by atoms with van der Waals surface area (Å²) in [4.78, 5) is 26.7. The summed E-state index contributed by atoms with van der Waals surface area (Å²) in [7, 11) is 1.53. The van der Waals surface area contributed by atoms with Gasteiger partial charge in [0.25, 0.3) is 11.8 Å². The van der Waals surface area contributed by atoms with E-state index in [0.717, 1.165) is 25.9 Å². The lowest BCUT2D eigenvalue weighted by Gasteiger charge is -2.16. The normalized spacial score (nSPS) is 13.6. The number of para-hydroxylation sites is 1. The van der Waals surface area contributed by atoms with Gasteiger partial charge in [-0.15, -0.1) is 0 Å². The third kappa shape index (κ3) is 3.40. The van der Waals surface area contributed by atoms with Crippen LogP contribution in [-0.4, -0.2) is 36.9 Å². The quantitative estimate of drug-likeness (QED) is 0.939. The van der Waals surface area contributed by atoms with E-state index in [9.17, 15) is 9.59 Å². The second-order valence-corrected chi connectivity index (χ2v) is 5.73. The molecule has 1 saturated heterocycles. The molecule has 1 fully saturated rings. The lowest BCUT2D eigenvalue weighted by Crippen LogP contribution is -2.27. The zero-order valence-corrected chi connectivity index (χ0v) is 13.6. The van der Waals surface area contributed by atoms with Gasteiger partial charge in [0, 0.05) is 24.3 Å². The van der Waals surface area contributed by atoms with Crippen molar-refractivity contribution in [3.63, 3.8) is 0 Å². The summed E-state index contributed by atoms with van der Waals surface area (Å²) in [5.41, 5.74) is 1.64. The molecule has 0 aromatic heterocycles. The van der Waals surface area contributed by atoms with Crippen LogP contribution >= 0.6 is 0 Å². The fourth-order valence-electron chi connectivity index (χ4n) is 2.86. The van der Waals surface area contributed by atoms with Crippen LogP contribution < -0.4 is 10.1 Å². The van der Waals surface area contributed by atoms with Gasteiger partial charge in [0.05, 0.1) is 12.7 Å². The van der Waals surface area contributed by atoms with E-state index in [1.165, 1.54) is 7.11 Å². The highest BCUT2D eigenvalue weighted by Gasteiger charge is 2.20. The van der Waals surface area contributed by atoms with Crippen LogP contribution in [0.15, 0.2) is 48.5 Å². The zero-order chi connectivity index (χ0) is 16.9. The third-order valence-electron chi connectivity index (χ3n) is 4.11. The number of anilines is 1. The number of benzene rings is 2. The molecule has 24 heavy (non-hydrogen) atoms. The maximum absolute atomic E-state index is 12.4. The molecular formula is C19H20N2O3. The molecule has 2 aromatic rings. The van der Waals surface area contributed by atoms with E-state index < -0.39 is 0 Å². The molecule has 0 atom stereocenters. The summed E-state index contributed by atoms with van der Waals surface area (Å²) in [5.74, 6) is 0.262. The van der Waals surface area contributed by atoms with E-state index in [4.69, 9.17) is 4.74 Å². The topological polar surface area (TPSA) is 58.6 Å². The number of amides is 2. The van der Waals surface area contributed by atoms with Crippen molar-refractivity contribution in [2.45, 2.75) is 12.8 Å². The van der Waals surface area contributed by atoms with Gasteiger partial charge >= 0.3 is 0 Å². The number of nitrogens with zero attached hydrogens (tertiary/aromatic N) is 1. The molecule has 0 aliphatic carbocycles. The van der Waals surface area contributed by atoms with E-state index >= 15 is 0 Å². The summed E-state index contributed by atoms with van der Waals surface area (Å²) in [6, 6.07) is 14.1. The van der Waals surface area contributed by atoms with Gasteiger partial charge in [-0.25, -0.2) is 0 Å². The maximum atomic E-state index is 12.4. The van der Waals surface area contributed by atoms with Crippen LogP contribution in [0, 0.1) is 0 Å². The first-order valence-corrected chi connectivity index (χ1v) is 8.03. The number of methoxy groups -OCH3 is 1. The van der Waals surface area contributed by atoms with E-state index in [1.807, 2.05) is 11.0 Å². The van der Waals surface area contributed by atoms with Gasteiger partial charge in [0.15, 0.2) is 0 Å². The van der Waals surface area contributed by atoms with E-state index in [0.29, 0.717) is 22.6 Å². The fourth-order valence-corrected chi connectivity index (χ4v) is 2.86. The van der Waals surface area contributed by atoms with Gasteiger partial charge in [-0.3, -0.25) is 9.59 Å². The molecule has 124 valence electrons. The van der Waals surface area contributed by atoms with Crippen molar-refractivity contribution in [2.24, 2.45) is 0 Å². The lowest BCUT2D eigenvalue weighted by molar-refractivity contribution is 0.0792. The Kier molecular flexibility index (Phi) is 4.79. The SMILES string of the molecule is COc1ccccc1C(=O)Nc1cccc(C(=O)N2CCCC2)c1. The first kappa shape index (κ1) is 16.1. The van der Waals surface area contributed by atoms with Crippen molar-refractivity contribution in [1.29, 1.82) is 0 Å². The van der Waals surface area contributed by atoms with Crippen molar-refractivity contribution >= 4 is 17.5 Å². The summed E-state index contributed by atoms with van der Waals surface area (Å²) < 4.78 is 5.21. The Bertz CT molecular complexity index is 752. The maximum Gasteiger partial charge on any atom is 0.259 e. The lowest BCUT2D eigenvalue weighted by atomic mass is 10.1. The highest BCUT2D eigenvalue weighted by Crippen LogP contribution is 2.20. The number of carbonyl (C=O) groups excluding carboxylic acids is 2. The second-order valence-electron chi connectivity index (χ2n) is 5.73. The minimum absolute atomic E-state index is 0.0147. The molecule has 1 aliphatic rings. The van der Waals surface area contributed by atoms with Gasteiger partial charge in [0.2, 0.25) is 0 Å². The standard InChI is InChI=1S/C19H20N2O3/c1-24-17-10-3-2-9-16(17)18(22)20-15-8-6-7-14(13-15)19(23)21-11-4-5-12-21/h2-3,6-10,13H,4-5,11-12H2,1H3,(H,20,22). The van der Waals surface area contributed by atoms with E-state index in [2.05, 4.69) is 5.32 Å². The molecule has 0 unspecified atom stereocenters. The molecule has 0 radical (unpaired) electrons. The zero-order valence-electron chi connectivity index (χ0n) is 13.6. The van der Waals surface area contributed by atoms with Crippen LogP contribution in [0.4, 0.5) is 5.69 Å². The first-order valence-electron chi connectivity index (χ1n) is 8.03.